The summed E-state index contributed by atoms with van der Waals surface area (Å²) in [5.41, 5.74) is 13.3. The van der Waals surface area contributed by atoms with E-state index in [1.54, 1.807) is 0 Å². The van der Waals surface area contributed by atoms with Gasteiger partial charge in [0.25, 0.3) is 0 Å². The van der Waals surface area contributed by atoms with Gasteiger partial charge in [-0.2, -0.15) is 0 Å². The second kappa shape index (κ2) is 9.07. The van der Waals surface area contributed by atoms with Crippen LogP contribution in [0.1, 0.15) is 22.3 Å². The number of para-hydroxylation sites is 2. The summed E-state index contributed by atoms with van der Waals surface area (Å²) in [6, 6.07) is 60.1. The van der Waals surface area contributed by atoms with E-state index in [4.69, 9.17) is 0 Å². The first-order chi connectivity index (χ1) is 22.3. The van der Waals surface area contributed by atoms with E-state index in [0.29, 0.717) is 0 Å². The molecule has 10 rings (SSSR count). The molecular formula is C43H28N2. The van der Waals surface area contributed by atoms with Gasteiger partial charge in [-0.1, -0.05) is 133 Å². The molecule has 2 heterocycles. The molecule has 0 saturated carbocycles. The van der Waals surface area contributed by atoms with E-state index in [0.717, 1.165) is 11.0 Å². The van der Waals surface area contributed by atoms with Crippen molar-refractivity contribution in [1.29, 1.82) is 0 Å². The average Bonchev–Trinajstić information content (AvgIpc) is 3.75. The Morgan fingerprint density at radius 3 is 1.82 bits per heavy atom. The van der Waals surface area contributed by atoms with Crippen molar-refractivity contribution in [3.63, 3.8) is 0 Å². The van der Waals surface area contributed by atoms with Gasteiger partial charge in [0.2, 0.25) is 0 Å². The fourth-order valence-corrected chi connectivity index (χ4v) is 8.24. The van der Waals surface area contributed by atoms with Crippen LogP contribution in [0.3, 0.4) is 0 Å². The van der Waals surface area contributed by atoms with Gasteiger partial charge in [0, 0.05) is 38.3 Å². The molecule has 1 aliphatic carbocycles. The van der Waals surface area contributed by atoms with Gasteiger partial charge >= 0.3 is 0 Å². The molecule has 7 aromatic carbocycles. The lowest BCUT2D eigenvalue weighted by atomic mass is 9.67. The topological polar surface area (TPSA) is 20.7 Å². The highest BCUT2D eigenvalue weighted by atomic mass is 15.0. The van der Waals surface area contributed by atoms with Crippen molar-refractivity contribution < 1.29 is 0 Å². The summed E-state index contributed by atoms with van der Waals surface area (Å²) in [6.07, 6.45) is 0. The Balaban J connectivity index is 1.32. The summed E-state index contributed by atoms with van der Waals surface area (Å²) in [4.78, 5) is 3.86. The summed E-state index contributed by atoms with van der Waals surface area (Å²) < 4.78 is 2.43. The third-order valence-electron chi connectivity index (χ3n) is 10.0. The minimum absolute atomic E-state index is 0.422. The largest absolute Gasteiger partial charge is 0.354 e. The van der Waals surface area contributed by atoms with E-state index >= 15 is 0 Å². The van der Waals surface area contributed by atoms with Crippen molar-refractivity contribution in [2.24, 2.45) is 0 Å². The molecule has 0 radical (unpaired) electrons. The molecule has 2 heteroatoms. The van der Waals surface area contributed by atoms with E-state index in [9.17, 15) is 0 Å². The highest BCUT2D eigenvalue weighted by Gasteiger charge is 2.45. The van der Waals surface area contributed by atoms with Crippen molar-refractivity contribution >= 4 is 43.6 Å². The summed E-state index contributed by atoms with van der Waals surface area (Å²) in [6.45, 7) is 0. The molecular weight excluding hydrogens is 544 g/mol. The second-order valence-corrected chi connectivity index (χ2v) is 12.2. The standard InChI is InChI=1S/C43H28N2/c1-3-13-28(14-4-1)43(36-20-10-7-17-31(36)32-18-8-11-21-37(32)43)29-23-24-35-39(27-29)44-38-26-25-34-33-19-9-12-22-40(33)45(42(34)41(35)38)30-15-5-2-6-16-30/h1-27,44H. The fourth-order valence-electron chi connectivity index (χ4n) is 8.24. The Morgan fingerprint density at radius 2 is 1.07 bits per heavy atom. The van der Waals surface area contributed by atoms with Crippen LogP contribution in [0.25, 0.3) is 60.4 Å². The number of benzene rings is 7. The zero-order valence-corrected chi connectivity index (χ0v) is 24.5. The quantitative estimate of drug-likeness (QED) is 0.217. The monoisotopic (exact) mass is 572 g/mol. The van der Waals surface area contributed by atoms with Gasteiger partial charge in [-0.25, -0.2) is 0 Å². The van der Waals surface area contributed by atoms with Gasteiger partial charge in [0.15, 0.2) is 0 Å². The summed E-state index contributed by atoms with van der Waals surface area (Å²) in [7, 11) is 0. The van der Waals surface area contributed by atoms with Crippen LogP contribution in [-0.2, 0) is 5.41 Å². The highest BCUT2D eigenvalue weighted by molar-refractivity contribution is 6.25. The molecule has 1 N–H and O–H groups in total. The van der Waals surface area contributed by atoms with Crippen LogP contribution in [0.4, 0.5) is 0 Å². The first-order valence-electron chi connectivity index (χ1n) is 15.6. The van der Waals surface area contributed by atoms with Crippen molar-refractivity contribution in [3.8, 4) is 16.8 Å². The summed E-state index contributed by atoms with van der Waals surface area (Å²) in [5, 5.41) is 5.04. The predicted molar refractivity (Wildman–Crippen MR) is 187 cm³/mol. The molecule has 0 unspecified atom stereocenters. The zero-order chi connectivity index (χ0) is 29.5. The Morgan fingerprint density at radius 1 is 0.444 bits per heavy atom. The predicted octanol–water partition coefficient (Wildman–Crippen LogP) is 10.8. The summed E-state index contributed by atoms with van der Waals surface area (Å²) >= 11 is 0. The van der Waals surface area contributed by atoms with Gasteiger partial charge < -0.3 is 9.55 Å². The number of nitrogens with one attached hydrogen (secondary N) is 1. The number of rotatable bonds is 3. The molecule has 0 aliphatic heterocycles. The van der Waals surface area contributed by atoms with Gasteiger partial charge in [-0.3, -0.25) is 0 Å². The third kappa shape index (κ3) is 3.18. The normalized spacial score (nSPS) is 13.5. The maximum Gasteiger partial charge on any atom is 0.0714 e. The number of H-pyrrole nitrogens is 1. The van der Waals surface area contributed by atoms with E-state index < -0.39 is 5.41 Å². The lowest BCUT2D eigenvalue weighted by Crippen LogP contribution is -2.28. The molecule has 0 atom stereocenters. The lowest BCUT2D eigenvalue weighted by molar-refractivity contribution is 0.770. The number of aromatic amines is 1. The van der Waals surface area contributed by atoms with Crippen LogP contribution < -0.4 is 0 Å². The molecule has 9 aromatic rings. The van der Waals surface area contributed by atoms with Gasteiger partial charge in [-0.15, -0.1) is 0 Å². The van der Waals surface area contributed by atoms with Crippen LogP contribution in [0.15, 0.2) is 164 Å². The van der Waals surface area contributed by atoms with E-state index in [2.05, 4.69) is 173 Å². The molecule has 45 heavy (non-hydrogen) atoms. The maximum atomic E-state index is 3.86. The Kier molecular flexibility index (Phi) is 4.95. The first-order valence-corrected chi connectivity index (χ1v) is 15.6. The second-order valence-electron chi connectivity index (χ2n) is 12.2. The Hall–Kier alpha value is -5.86. The molecule has 0 amide bonds. The third-order valence-corrected chi connectivity index (χ3v) is 10.0. The van der Waals surface area contributed by atoms with E-state index in [1.807, 2.05) is 0 Å². The number of nitrogens with zero attached hydrogens (tertiary/aromatic N) is 1. The molecule has 2 aromatic heterocycles. The fraction of sp³-hybridized carbons (Fsp3) is 0.0233. The molecule has 210 valence electrons. The van der Waals surface area contributed by atoms with Crippen molar-refractivity contribution in [1.82, 2.24) is 9.55 Å². The molecule has 0 bridgehead atoms. The minimum Gasteiger partial charge on any atom is -0.354 e. The van der Waals surface area contributed by atoms with Gasteiger partial charge in [0.05, 0.1) is 16.4 Å². The SMILES string of the molecule is c1ccc(-n2c3ccccc3c3ccc4[nH]c5cc(C6(c7ccccc7)c7ccccc7-c7ccccc76)ccc5c4c32)cc1. The highest BCUT2D eigenvalue weighted by Crippen LogP contribution is 2.56. The van der Waals surface area contributed by atoms with E-state index in [1.165, 1.54) is 71.6 Å². The summed E-state index contributed by atoms with van der Waals surface area (Å²) in [5.74, 6) is 0. The molecule has 1 aliphatic rings. The van der Waals surface area contributed by atoms with Crippen LogP contribution in [0, 0.1) is 0 Å². The first kappa shape index (κ1) is 24.6. The van der Waals surface area contributed by atoms with Crippen molar-refractivity contribution in [2.75, 3.05) is 0 Å². The van der Waals surface area contributed by atoms with E-state index in [-0.39, 0.29) is 0 Å². The number of aromatic nitrogens is 2. The van der Waals surface area contributed by atoms with Crippen LogP contribution in [0.2, 0.25) is 0 Å². The average molecular weight is 573 g/mol. The van der Waals surface area contributed by atoms with Crippen molar-refractivity contribution in [2.45, 2.75) is 5.41 Å². The Labute approximate surface area is 260 Å². The van der Waals surface area contributed by atoms with Crippen molar-refractivity contribution in [3.05, 3.63) is 186 Å². The van der Waals surface area contributed by atoms with Crippen LogP contribution in [0.5, 0.6) is 0 Å². The maximum absolute atomic E-state index is 3.86. The molecule has 0 saturated heterocycles. The van der Waals surface area contributed by atoms with Gasteiger partial charge in [-0.05, 0) is 63.7 Å². The van der Waals surface area contributed by atoms with Crippen LogP contribution in [-0.4, -0.2) is 9.55 Å². The molecule has 2 nitrogen and oxygen atoms in total. The molecule has 0 spiro atoms. The zero-order valence-electron chi connectivity index (χ0n) is 24.5. The number of fused-ring (bicyclic) bond motifs is 10. The minimum atomic E-state index is -0.422. The molecule has 0 fully saturated rings. The number of hydrogen-bond donors (Lipinski definition) is 1. The van der Waals surface area contributed by atoms with Crippen LogP contribution >= 0.6 is 0 Å². The smallest absolute Gasteiger partial charge is 0.0714 e. The van der Waals surface area contributed by atoms with Gasteiger partial charge in [0.1, 0.15) is 0 Å². The number of hydrogen-bond acceptors (Lipinski definition) is 0. The Bertz CT molecular complexity index is 2540. The lowest BCUT2D eigenvalue weighted by Gasteiger charge is -2.33.